The fourth-order valence-electron chi connectivity index (χ4n) is 2.42. The third kappa shape index (κ3) is 7.39. The van der Waals surface area contributed by atoms with E-state index in [9.17, 15) is 0 Å². The van der Waals surface area contributed by atoms with Gasteiger partial charge < -0.3 is 0 Å². The lowest BCUT2D eigenvalue weighted by Crippen LogP contribution is -2.31. The molecule has 0 spiro atoms. The van der Waals surface area contributed by atoms with E-state index in [1.165, 1.54) is 50.2 Å². The van der Waals surface area contributed by atoms with E-state index in [0.717, 1.165) is 12.8 Å². The molecule has 0 rings (SSSR count). The molecule has 1 nitrogen and oxygen atoms in total. The summed E-state index contributed by atoms with van der Waals surface area (Å²) in [7, 11) is -1.21. The van der Waals surface area contributed by atoms with Gasteiger partial charge in [0.05, 0.1) is 14.1 Å². The Balaban J connectivity index is 4.23. The Bertz CT molecular complexity index is 222. The second kappa shape index (κ2) is 10.6. The van der Waals surface area contributed by atoms with Crippen molar-refractivity contribution in [2.75, 3.05) is 0 Å². The van der Waals surface area contributed by atoms with Gasteiger partial charge in [0.15, 0.2) is 0 Å². The van der Waals surface area contributed by atoms with Crippen LogP contribution in [0.25, 0.3) is 0 Å². The first kappa shape index (κ1) is 16.4. The van der Waals surface area contributed by atoms with Crippen molar-refractivity contribution < 1.29 is 0 Å². The summed E-state index contributed by atoms with van der Waals surface area (Å²) in [6.45, 7) is 8.69. The highest BCUT2D eigenvalue weighted by atomic mass is 28.3. The third-order valence-electron chi connectivity index (χ3n) is 3.70. The van der Waals surface area contributed by atoms with Gasteiger partial charge in [0.1, 0.15) is 0 Å². The highest BCUT2D eigenvalue weighted by Gasteiger charge is 2.27. The molecule has 0 bridgehead atoms. The minimum Gasteiger partial charge on any atom is -0.198 e. The number of nitrogens with zero attached hydrogens (tertiary/aromatic N) is 1. The minimum absolute atomic E-state index is 0.725. The molecule has 2 heteroatoms. The molecule has 0 aromatic heterocycles. The van der Waals surface area contributed by atoms with Gasteiger partial charge in [0.2, 0.25) is 0 Å². The average molecular weight is 251 g/mol. The topological polar surface area (TPSA) is 23.8 Å². The Morgan fingerprint density at radius 3 is 1.94 bits per heavy atom. The molecule has 0 amide bonds. The van der Waals surface area contributed by atoms with E-state index >= 15 is 0 Å². The first-order valence-electron chi connectivity index (χ1n) is 7.25. The van der Waals surface area contributed by atoms with Crippen LogP contribution in [0.15, 0.2) is 12.3 Å². The van der Waals surface area contributed by atoms with Crippen molar-refractivity contribution in [1.29, 1.82) is 5.26 Å². The van der Waals surface area contributed by atoms with Gasteiger partial charge in [0.25, 0.3) is 0 Å². The number of hydrogen-bond acceptors (Lipinski definition) is 1. The molecular formula is C15H29NSi. The molecule has 0 saturated carbocycles. The lowest BCUT2D eigenvalue weighted by molar-refractivity contribution is 0.778. The third-order valence-corrected chi connectivity index (χ3v) is 8.62. The Morgan fingerprint density at radius 1 is 1.00 bits per heavy atom. The molecule has 17 heavy (non-hydrogen) atoms. The summed E-state index contributed by atoms with van der Waals surface area (Å²) in [5.41, 5.74) is 2.34. The highest BCUT2D eigenvalue weighted by molar-refractivity contribution is 6.84. The van der Waals surface area contributed by atoms with Crippen LogP contribution >= 0.6 is 0 Å². The number of nitriles is 1. The van der Waals surface area contributed by atoms with Crippen LogP contribution in [-0.2, 0) is 0 Å². The lowest BCUT2D eigenvalue weighted by atomic mass is 10.3. The van der Waals surface area contributed by atoms with Crippen molar-refractivity contribution in [3.05, 3.63) is 12.3 Å². The molecule has 98 valence electrons. The second-order valence-corrected chi connectivity index (χ2v) is 9.77. The van der Waals surface area contributed by atoms with E-state index in [4.69, 9.17) is 5.26 Å². The average Bonchev–Trinajstić information content (AvgIpc) is 2.37. The van der Waals surface area contributed by atoms with E-state index in [2.05, 4.69) is 32.2 Å². The van der Waals surface area contributed by atoms with Crippen LogP contribution < -0.4 is 0 Å². The number of rotatable bonds is 11. The van der Waals surface area contributed by atoms with Gasteiger partial charge in [-0.3, -0.25) is 0 Å². The zero-order valence-corrected chi connectivity index (χ0v) is 12.8. The maximum atomic E-state index is 8.58. The minimum atomic E-state index is -1.21. The van der Waals surface area contributed by atoms with Gasteiger partial charge in [-0.2, -0.15) is 5.26 Å². The van der Waals surface area contributed by atoms with E-state index in [1.807, 2.05) is 0 Å². The van der Waals surface area contributed by atoms with Crippen LogP contribution in [0.3, 0.4) is 0 Å². The molecule has 0 aliphatic heterocycles. The SMILES string of the molecule is C=C[Si](CCCC)(CCCC)CCCCC#N. The van der Waals surface area contributed by atoms with E-state index in [0.29, 0.717) is 0 Å². The van der Waals surface area contributed by atoms with E-state index in [1.54, 1.807) is 0 Å². The molecule has 0 saturated heterocycles. The Kier molecular flexibility index (Phi) is 10.2. The quantitative estimate of drug-likeness (QED) is 0.353. The fraction of sp³-hybridized carbons (Fsp3) is 0.800. The first-order valence-corrected chi connectivity index (χ1v) is 9.95. The first-order chi connectivity index (χ1) is 8.24. The maximum absolute atomic E-state index is 8.58. The van der Waals surface area contributed by atoms with Crippen molar-refractivity contribution in [3.63, 3.8) is 0 Å². The standard InChI is InChI=1S/C15H29NSi/c1-4-7-13-17(6-3,14-8-5-2)15-11-9-10-12-16/h6H,3-5,7-11,13-15H2,1-2H3. The van der Waals surface area contributed by atoms with Crippen molar-refractivity contribution >= 4 is 8.07 Å². The monoisotopic (exact) mass is 251 g/mol. The lowest BCUT2D eigenvalue weighted by Gasteiger charge is -2.28. The second-order valence-electron chi connectivity index (χ2n) is 5.14. The summed E-state index contributed by atoms with van der Waals surface area (Å²) < 4.78 is 0. The van der Waals surface area contributed by atoms with Crippen molar-refractivity contribution in [2.45, 2.75) is 76.9 Å². The van der Waals surface area contributed by atoms with Crippen LogP contribution in [-0.4, -0.2) is 8.07 Å². The predicted molar refractivity (Wildman–Crippen MR) is 79.7 cm³/mol. The molecule has 0 aliphatic rings. The van der Waals surface area contributed by atoms with Crippen LogP contribution in [0.4, 0.5) is 0 Å². The summed E-state index contributed by atoms with van der Waals surface area (Å²) in [5, 5.41) is 8.58. The molecular weight excluding hydrogens is 222 g/mol. The summed E-state index contributed by atoms with van der Waals surface area (Å²) in [6, 6.07) is 6.44. The summed E-state index contributed by atoms with van der Waals surface area (Å²) in [5.74, 6) is 0. The van der Waals surface area contributed by atoms with Crippen molar-refractivity contribution in [1.82, 2.24) is 0 Å². The van der Waals surface area contributed by atoms with Crippen molar-refractivity contribution in [3.8, 4) is 6.07 Å². The number of unbranched alkanes of at least 4 members (excludes halogenated alkanes) is 4. The predicted octanol–water partition coefficient (Wildman–Crippen LogP) is 5.45. The normalized spacial score (nSPS) is 11.1. The molecule has 0 heterocycles. The van der Waals surface area contributed by atoms with E-state index in [-0.39, 0.29) is 0 Å². The van der Waals surface area contributed by atoms with Gasteiger partial charge in [-0.15, -0.1) is 12.3 Å². The van der Waals surface area contributed by atoms with Crippen LogP contribution in [0, 0.1) is 11.3 Å². The van der Waals surface area contributed by atoms with Gasteiger partial charge in [-0.05, 0) is 6.42 Å². The largest absolute Gasteiger partial charge is 0.198 e. The Hall–Kier alpha value is -0.553. The Labute approximate surface area is 109 Å². The maximum Gasteiger partial charge on any atom is 0.0770 e. The summed E-state index contributed by atoms with van der Waals surface area (Å²) in [6.07, 6.45) is 8.36. The molecule has 0 radical (unpaired) electrons. The number of hydrogen-bond donors (Lipinski definition) is 0. The molecule has 0 fully saturated rings. The smallest absolute Gasteiger partial charge is 0.0770 e. The van der Waals surface area contributed by atoms with Gasteiger partial charge >= 0.3 is 0 Å². The molecule has 0 atom stereocenters. The molecule has 0 aliphatic carbocycles. The fourth-order valence-corrected chi connectivity index (χ4v) is 6.85. The summed E-state index contributed by atoms with van der Waals surface area (Å²) in [4.78, 5) is 0. The molecule has 0 N–H and O–H groups in total. The molecule has 0 aromatic rings. The summed E-state index contributed by atoms with van der Waals surface area (Å²) >= 11 is 0. The van der Waals surface area contributed by atoms with Crippen LogP contribution in [0.2, 0.25) is 18.1 Å². The molecule has 0 aromatic carbocycles. The van der Waals surface area contributed by atoms with Gasteiger partial charge in [-0.25, -0.2) is 0 Å². The van der Waals surface area contributed by atoms with Gasteiger partial charge in [-0.1, -0.05) is 64.1 Å². The molecule has 0 unspecified atom stereocenters. The van der Waals surface area contributed by atoms with Crippen LogP contribution in [0.5, 0.6) is 0 Å². The zero-order chi connectivity index (χ0) is 13.0. The van der Waals surface area contributed by atoms with Crippen molar-refractivity contribution in [2.24, 2.45) is 0 Å². The van der Waals surface area contributed by atoms with Crippen LogP contribution in [0.1, 0.15) is 58.8 Å². The van der Waals surface area contributed by atoms with E-state index < -0.39 is 8.07 Å². The highest BCUT2D eigenvalue weighted by Crippen LogP contribution is 2.29. The zero-order valence-electron chi connectivity index (χ0n) is 11.8. The Morgan fingerprint density at radius 2 is 1.53 bits per heavy atom. The van der Waals surface area contributed by atoms with Gasteiger partial charge in [0, 0.05) is 6.42 Å².